The van der Waals surface area contributed by atoms with E-state index in [0.717, 1.165) is 5.56 Å². The molecule has 1 amide bonds. The van der Waals surface area contributed by atoms with Gasteiger partial charge in [-0.25, -0.2) is 4.39 Å². The molecular formula is C16H8Cl2FNOS2. The van der Waals surface area contributed by atoms with Crippen molar-refractivity contribution >= 4 is 69.2 Å². The van der Waals surface area contributed by atoms with Gasteiger partial charge in [0.05, 0.1) is 20.6 Å². The van der Waals surface area contributed by atoms with Gasteiger partial charge in [-0.2, -0.15) is 0 Å². The van der Waals surface area contributed by atoms with Crippen molar-refractivity contribution < 1.29 is 9.18 Å². The average Bonchev–Trinajstić information content (AvgIpc) is 2.79. The maximum Gasteiger partial charge on any atom is 0.270 e. The number of carbonyl (C=O) groups excluding carboxylic acids is 1. The minimum absolute atomic E-state index is 0.247. The lowest BCUT2D eigenvalue weighted by Crippen LogP contribution is -2.27. The molecule has 0 saturated carbocycles. The van der Waals surface area contributed by atoms with Gasteiger partial charge < -0.3 is 0 Å². The summed E-state index contributed by atoms with van der Waals surface area (Å²) in [5, 5.41) is 0.753. The van der Waals surface area contributed by atoms with E-state index in [-0.39, 0.29) is 11.7 Å². The van der Waals surface area contributed by atoms with Gasteiger partial charge in [0, 0.05) is 0 Å². The van der Waals surface area contributed by atoms with E-state index in [0.29, 0.717) is 25.0 Å². The summed E-state index contributed by atoms with van der Waals surface area (Å²) < 4.78 is 13.4. The number of hydrogen-bond acceptors (Lipinski definition) is 3. The van der Waals surface area contributed by atoms with Crippen LogP contribution in [-0.2, 0) is 4.79 Å². The Bertz CT molecular complexity index is 836. The van der Waals surface area contributed by atoms with Crippen molar-refractivity contribution in [3.05, 3.63) is 68.8 Å². The normalized spacial score (nSPS) is 16.5. The van der Waals surface area contributed by atoms with E-state index >= 15 is 0 Å². The van der Waals surface area contributed by atoms with E-state index in [1.165, 1.54) is 28.8 Å². The molecule has 1 saturated heterocycles. The number of anilines is 1. The smallest absolute Gasteiger partial charge is 0.268 e. The first-order chi connectivity index (χ1) is 11.0. The largest absolute Gasteiger partial charge is 0.270 e. The SMILES string of the molecule is O=C1/C(=C\c2ccc(F)cc2)SC(=S)N1c1ccc(Cl)c(Cl)c1. The fourth-order valence-corrected chi connectivity index (χ4v) is 3.62. The summed E-state index contributed by atoms with van der Waals surface area (Å²) >= 11 is 18.4. The maximum atomic E-state index is 12.9. The third-order valence-electron chi connectivity index (χ3n) is 3.12. The van der Waals surface area contributed by atoms with Gasteiger partial charge in [-0.1, -0.05) is 59.3 Å². The summed E-state index contributed by atoms with van der Waals surface area (Å²) in [5.41, 5.74) is 1.28. The highest BCUT2D eigenvalue weighted by Crippen LogP contribution is 2.37. The second kappa shape index (κ2) is 6.61. The molecular weight excluding hydrogens is 376 g/mol. The molecule has 0 unspecified atom stereocenters. The molecule has 3 rings (SSSR count). The Balaban J connectivity index is 1.93. The molecule has 1 heterocycles. The molecule has 0 atom stereocenters. The third-order valence-corrected chi connectivity index (χ3v) is 5.16. The van der Waals surface area contributed by atoms with Gasteiger partial charge in [0.1, 0.15) is 5.82 Å². The standard InChI is InChI=1S/C16H8Cl2FNOS2/c17-12-6-5-11(8-13(12)18)20-15(21)14(23-16(20)22)7-9-1-3-10(19)4-2-9/h1-8H/b14-7+. The fraction of sp³-hybridized carbons (Fsp3) is 0. The summed E-state index contributed by atoms with van der Waals surface area (Å²) in [6.07, 6.45) is 1.68. The highest BCUT2D eigenvalue weighted by Gasteiger charge is 2.33. The summed E-state index contributed by atoms with van der Waals surface area (Å²) in [5.74, 6) is -0.576. The number of thioether (sulfide) groups is 1. The summed E-state index contributed by atoms with van der Waals surface area (Å²) in [7, 11) is 0. The molecule has 23 heavy (non-hydrogen) atoms. The molecule has 0 aromatic heterocycles. The van der Waals surface area contributed by atoms with Crippen LogP contribution in [0.15, 0.2) is 47.4 Å². The molecule has 0 spiro atoms. The van der Waals surface area contributed by atoms with Crippen molar-refractivity contribution in [2.75, 3.05) is 4.90 Å². The second-order valence-electron chi connectivity index (χ2n) is 4.67. The fourth-order valence-electron chi connectivity index (χ4n) is 2.02. The van der Waals surface area contributed by atoms with Crippen LogP contribution in [0.3, 0.4) is 0 Å². The number of benzene rings is 2. The lowest BCUT2D eigenvalue weighted by atomic mass is 10.2. The van der Waals surface area contributed by atoms with E-state index in [1.54, 1.807) is 36.4 Å². The van der Waals surface area contributed by atoms with Gasteiger partial charge in [-0.15, -0.1) is 0 Å². The maximum absolute atomic E-state index is 12.9. The number of halogens is 3. The van der Waals surface area contributed by atoms with Crippen molar-refractivity contribution in [2.45, 2.75) is 0 Å². The van der Waals surface area contributed by atoms with Gasteiger partial charge in [-0.05, 0) is 42.0 Å². The van der Waals surface area contributed by atoms with Crippen LogP contribution < -0.4 is 4.90 Å². The molecule has 116 valence electrons. The molecule has 0 radical (unpaired) electrons. The topological polar surface area (TPSA) is 20.3 Å². The van der Waals surface area contributed by atoms with Crippen LogP contribution in [0.1, 0.15) is 5.56 Å². The number of carbonyl (C=O) groups is 1. The van der Waals surface area contributed by atoms with E-state index in [2.05, 4.69) is 0 Å². The van der Waals surface area contributed by atoms with Crippen molar-refractivity contribution in [1.82, 2.24) is 0 Å². The number of thiocarbonyl (C=S) groups is 1. The van der Waals surface area contributed by atoms with Gasteiger partial charge in [-0.3, -0.25) is 9.69 Å². The zero-order valence-electron chi connectivity index (χ0n) is 11.4. The Labute approximate surface area is 151 Å². The van der Waals surface area contributed by atoms with Gasteiger partial charge in [0.15, 0.2) is 4.32 Å². The van der Waals surface area contributed by atoms with E-state index in [9.17, 15) is 9.18 Å². The van der Waals surface area contributed by atoms with Crippen molar-refractivity contribution in [2.24, 2.45) is 0 Å². The van der Waals surface area contributed by atoms with Crippen LogP contribution >= 0.6 is 47.2 Å². The van der Waals surface area contributed by atoms with Crippen molar-refractivity contribution in [3.63, 3.8) is 0 Å². The second-order valence-corrected chi connectivity index (χ2v) is 7.16. The zero-order valence-corrected chi connectivity index (χ0v) is 14.6. The van der Waals surface area contributed by atoms with Crippen LogP contribution in [0.25, 0.3) is 6.08 Å². The summed E-state index contributed by atoms with van der Waals surface area (Å²) in [4.78, 5) is 14.4. The Morgan fingerprint density at radius 1 is 1.09 bits per heavy atom. The molecule has 7 heteroatoms. The van der Waals surface area contributed by atoms with Crippen molar-refractivity contribution in [3.8, 4) is 0 Å². The van der Waals surface area contributed by atoms with Crippen LogP contribution in [0.2, 0.25) is 10.0 Å². The van der Waals surface area contributed by atoms with Gasteiger partial charge in [0.2, 0.25) is 0 Å². The third kappa shape index (κ3) is 3.43. The molecule has 0 N–H and O–H groups in total. The molecule has 0 aliphatic carbocycles. The van der Waals surface area contributed by atoms with E-state index in [4.69, 9.17) is 35.4 Å². The monoisotopic (exact) mass is 383 g/mol. The molecule has 1 fully saturated rings. The number of nitrogens with zero attached hydrogens (tertiary/aromatic N) is 1. The lowest BCUT2D eigenvalue weighted by Gasteiger charge is -2.15. The molecule has 2 aromatic carbocycles. The van der Waals surface area contributed by atoms with Gasteiger partial charge in [0.25, 0.3) is 5.91 Å². The Hall–Kier alpha value is -1.40. The van der Waals surface area contributed by atoms with E-state index < -0.39 is 0 Å². The highest BCUT2D eigenvalue weighted by molar-refractivity contribution is 8.27. The quantitative estimate of drug-likeness (QED) is 0.501. The Kier molecular flexibility index (Phi) is 4.73. The molecule has 2 aromatic rings. The van der Waals surface area contributed by atoms with Crippen LogP contribution in [0, 0.1) is 5.82 Å². The summed E-state index contributed by atoms with van der Waals surface area (Å²) in [6, 6.07) is 10.8. The lowest BCUT2D eigenvalue weighted by molar-refractivity contribution is -0.113. The highest BCUT2D eigenvalue weighted by atomic mass is 35.5. The molecule has 2 nitrogen and oxygen atoms in total. The number of amides is 1. The first kappa shape index (κ1) is 16.5. The van der Waals surface area contributed by atoms with Crippen LogP contribution in [0.4, 0.5) is 10.1 Å². The molecule has 0 bridgehead atoms. The van der Waals surface area contributed by atoms with Crippen LogP contribution in [-0.4, -0.2) is 10.2 Å². The predicted molar refractivity (Wildman–Crippen MR) is 98.5 cm³/mol. The minimum Gasteiger partial charge on any atom is -0.268 e. The zero-order chi connectivity index (χ0) is 16.6. The molecule has 1 aliphatic heterocycles. The Morgan fingerprint density at radius 2 is 1.78 bits per heavy atom. The van der Waals surface area contributed by atoms with Crippen LogP contribution in [0.5, 0.6) is 0 Å². The van der Waals surface area contributed by atoms with Gasteiger partial charge >= 0.3 is 0 Å². The minimum atomic E-state index is -0.328. The number of rotatable bonds is 2. The van der Waals surface area contributed by atoms with Crippen molar-refractivity contribution in [1.29, 1.82) is 0 Å². The average molecular weight is 384 g/mol. The predicted octanol–water partition coefficient (Wildman–Crippen LogP) is 5.54. The first-order valence-corrected chi connectivity index (χ1v) is 8.42. The number of hydrogen-bond donors (Lipinski definition) is 0. The van der Waals surface area contributed by atoms with E-state index in [1.807, 2.05) is 0 Å². The first-order valence-electron chi connectivity index (χ1n) is 6.44. The Morgan fingerprint density at radius 3 is 2.43 bits per heavy atom. The summed E-state index contributed by atoms with van der Waals surface area (Å²) in [6.45, 7) is 0. The molecule has 1 aliphatic rings.